The van der Waals surface area contributed by atoms with Crippen molar-refractivity contribution in [1.82, 2.24) is 4.90 Å². The van der Waals surface area contributed by atoms with Gasteiger partial charge < -0.3 is 4.90 Å². The van der Waals surface area contributed by atoms with Crippen LogP contribution in [0.3, 0.4) is 0 Å². The average Bonchev–Trinajstić information content (AvgIpc) is 2.33. The van der Waals surface area contributed by atoms with Crippen molar-refractivity contribution in [2.75, 3.05) is 13.1 Å². The Balaban J connectivity index is 1.93. The van der Waals surface area contributed by atoms with Crippen LogP contribution in [-0.4, -0.2) is 18.0 Å². The summed E-state index contributed by atoms with van der Waals surface area (Å²) < 4.78 is 12.7. The number of benzene rings is 1. The maximum atomic E-state index is 12.7. The molecule has 0 N–H and O–H groups in total. The van der Waals surface area contributed by atoms with Crippen LogP contribution in [0.15, 0.2) is 36.5 Å². The molecule has 1 nitrogen and oxygen atoms in total. The summed E-state index contributed by atoms with van der Waals surface area (Å²) in [5.74, 6) is -0.174. The molecule has 0 aliphatic carbocycles. The first-order chi connectivity index (χ1) is 7.75. The number of piperidine rings is 1. The number of rotatable bonds is 3. The number of halogens is 1. The molecule has 0 amide bonds. The molecule has 2 rings (SSSR count). The zero-order chi connectivity index (χ0) is 11.4. The van der Waals surface area contributed by atoms with E-state index in [1.807, 2.05) is 12.1 Å². The fourth-order valence-corrected chi connectivity index (χ4v) is 2.16. The highest BCUT2D eigenvalue weighted by atomic mass is 19.1. The third-order valence-electron chi connectivity index (χ3n) is 3.12. The predicted molar refractivity (Wildman–Crippen MR) is 64.7 cm³/mol. The topological polar surface area (TPSA) is 3.24 Å². The van der Waals surface area contributed by atoms with Crippen molar-refractivity contribution in [3.63, 3.8) is 0 Å². The summed E-state index contributed by atoms with van der Waals surface area (Å²) in [5.41, 5.74) is 2.29. The minimum absolute atomic E-state index is 0.174. The maximum absolute atomic E-state index is 12.7. The van der Waals surface area contributed by atoms with Gasteiger partial charge in [-0.25, -0.2) is 4.39 Å². The summed E-state index contributed by atoms with van der Waals surface area (Å²) >= 11 is 0. The predicted octanol–water partition coefficient (Wildman–Crippen LogP) is 3.37. The van der Waals surface area contributed by atoms with Crippen molar-refractivity contribution < 1.29 is 4.39 Å². The molecule has 1 saturated heterocycles. The van der Waals surface area contributed by atoms with Gasteiger partial charge in [0.1, 0.15) is 5.82 Å². The normalized spacial score (nSPS) is 16.2. The molecule has 1 aliphatic heterocycles. The highest BCUT2D eigenvalue weighted by Gasteiger charge is 2.11. The highest BCUT2D eigenvalue weighted by Crippen LogP contribution is 2.17. The van der Waals surface area contributed by atoms with Crippen molar-refractivity contribution in [2.24, 2.45) is 0 Å². The van der Waals surface area contributed by atoms with Gasteiger partial charge in [-0.1, -0.05) is 18.7 Å². The number of nitrogens with zero attached hydrogens (tertiary/aromatic N) is 1. The Morgan fingerprint density at radius 2 is 1.75 bits per heavy atom. The van der Waals surface area contributed by atoms with Gasteiger partial charge in [-0.05, 0) is 37.0 Å². The summed E-state index contributed by atoms with van der Waals surface area (Å²) in [6, 6.07) is 6.70. The van der Waals surface area contributed by atoms with E-state index in [4.69, 9.17) is 0 Å². The van der Waals surface area contributed by atoms with Crippen molar-refractivity contribution in [3.8, 4) is 0 Å². The first-order valence-corrected chi connectivity index (χ1v) is 5.93. The van der Waals surface area contributed by atoms with Crippen LogP contribution >= 0.6 is 0 Å². The molecule has 2 heteroatoms. The summed E-state index contributed by atoms with van der Waals surface area (Å²) in [5, 5.41) is 0. The average molecular weight is 219 g/mol. The van der Waals surface area contributed by atoms with Gasteiger partial charge >= 0.3 is 0 Å². The molecule has 86 valence electrons. The van der Waals surface area contributed by atoms with Crippen LogP contribution in [0, 0.1) is 5.82 Å². The minimum Gasteiger partial charge on any atom is -0.375 e. The van der Waals surface area contributed by atoms with Gasteiger partial charge in [-0.2, -0.15) is 0 Å². The zero-order valence-electron chi connectivity index (χ0n) is 9.58. The SMILES string of the molecule is C=C(Cc1ccc(F)cc1)N1CCCCC1. The molecule has 0 radical (unpaired) electrons. The molecule has 0 bridgehead atoms. The van der Waals surface area contributed by atoms with Crippen molar-refractivity contribution >= 4 is 0 Å². The van der Waals surface area contributed by atoms with Crippen LogP contribution in [0.4, 0.5) is 4.39 Å². The standard InChI is InChI=1S/C14H18FN/c1-12(16-9-3-2-4-10-16)11-13-5-7-14(15)8-6-13/h5-8H,1-4,9-11H2. The summed E-state index contributed by atoms with van der Waals surface area (Å²) in [4.78, 5) is 2.35. The Bertz CT molecular complexity index is 350. The minimum atomic E-state index is -0.174. The Hall–Kier alpha value is -1.31. The summed E-state index contributed by atoms with van der Waals surface area (Å²) in [6.07, 6.45) is 4.70. The van der Waals surface area contributed by atoms with Gasteiger partial charge in [-0.15, -0.1) is 0 Å². The Morgan fingerprint density at radius 1 is 1.12 bits per heavy atom. The van der Waals surface area contributed by atoms with E-state index < -0.39 is 0 Å². The van der Waals surface area contributed by atoms with E-state index in [0.29, 0.717) is 0 Å². The molecule has 1 aliphatic rings. The molecule has 1 heterocycles. The quantitative estimate of drug-likeness (QED) is 0.753. The van der Waals surface area contributed by atoms with E-state index in [1.165, 1.54) is 31.4 Å². The third kappa shape index (κ3) is 2.84. The van der Waals surface area contributed by atoms with E-state index >= 15 is 0 Å². The lowest BCUT2D eigenvalue weighted by atomic mass is 10.1. The molecule has 1 aromatic carbocycles. The van der Waals surface area contributed by atoms with Crippen LogP contribution in [0.1, 0.15) is 24.8 Å². The van der Waals surface area contributed by atoms with Crippen LogP contribution in [0.5, 0.6) is 0 Å². The zero-order valence-corrected chi connectivity index (χ0v) is 9.58. The van der Waals surface area contributed by atoms with Gasteiger partial charge in [0, 0.05) is 25.2 Å². The van der Waals surface area contributed by atoms with Gasteiger partial charge in [0.15, 0.2) is 0 Å². The first kappa shape index (κ1) is 11.2. The second-order valence-electron chi connectivity index (χ2n) is 4.42. The van der Waals surface area contributed by atoms with E-state index in [-0.39, 0.29) is 5.82 Å². The summed E-state index contributed by atoms with van der Waals surface area (Å²) in [7, 11) is 0. The monoisotopic (exact) mass is 219 g/mol. The molecule has 16 heavy (non-hydrogen) atoms. The molecule has 0 unspecified atom stereocenters. The lowest BCUT2D eigenvalue weighted by molar-refractivity contribution is 0.281. The molecule has 1 fully saturated rings. The molecule has 0 atom stereocenters. The molecule has 0 saturated carbocycles. The number of likely N-dealkylation sites (tertiary alicyclic amines) is 1. The Kier molecular flexibility index (Phi) is 3.60. The van der Waals surface area contributed by atoms with Gasteiger partial charge in [0.05, 0.1) is 0 Å². The number of hydrogen-bond donors (Lipinski definition) is 0. The van der Waals surface area contributed by atoms with Gasteiger partial charge in [-0.3, -0.25) is 0 Å². The largest absolute Gasteiger partial charge is 0.375 e. The second-order valence-corrected chi connectivity index (χ2v) is 4.42. The fourth-order valence-electron chi connectivity index (χ4n) is 2.16. The van der Waals surface area contributed by atoms with Crippen LogP contribution in [0.2, 0.25) is 0 Å². The molecular formula is C14H18FN. The van der Waals surface area contributed by atoms with Gasteiger partial charge in [0.25, 0.3) is 0 Å². The first-order valence-electron chi connectivity index (χ1n) is 5.93. The van der Waals surface area contributed by atoms with Crippen LogP contribution in [0.25, 0.3) is 0 Å². The van der Waals surface area contributed by atoms with E-state index in [9.17, 15) is 4.39 Å². The number of allylic oxidation sites excluding steroid dienone is 1. The van der Waals surface area contributed by atoms with Crippen LogP contribution in [-0.2, 0) is 6.42 Å². The van der Waals surface area contributed by atoms with Crippen molar-refractivity contribution in [1.29, 1.82) is 0 Å². The lowest BCUT2D eigenvalue weighted by Gasteiger charge is -2.30. The molecule has 0 spiro atoms. The number of hydrogen-bond acceptors (Lipinski definition) is 1. The smallest absolute Gasteiger partial charge is 0.123 e. The van der Waals surface area contributed by atoms with Crippen molar-refractivity contribution in [3.05, 3.63) is 47.9 Å². The second kappa shape index (κ2) is 5.15. The van der Waals surface area contributed by atoms with E-state index in [1.54, 1.807) is 0 Å². The van der Waals surface area contributed by atoms with E-state index in [2.05, 4.69) is 11.5 Å². The molecule has 0 aromatic heterocycles. The lowest BCUT2D eigenvalue weighted by Crippen LogP contribution is -2.29. The summed E-state index contributed by atoms with van der Waals surface area (Å²) in [6.45, 7) is 6.38. The Labute approximate surface area is 96.6 Å². The third-order valence-corrected chi connectivity index (χ3v) is 3.12. The van der Waals surface area contributed by atoms with Gasteiger partial charge in [0.2, 0.25) is 0 Å². The maximum Gasteiger partial charge on any atom is 0.123 e. The van der Waals surface area contributed by atoms with Crippen molar-refractivity contribution in [2.45, 2.75) is 25.7 Å². The van der Waals surface area contributed by atoms with E-state index in [0.717, 1.165) is 30.8 Å². The van der Waals surface area contributed by atoms with Crippen LogP contribution < -0.4 is 0 Å². The molecule has 1 aromatic rings. The molecular weight excluding hydrogens is 201 g/mol. The highest BCUT2D eigenvalue weighted by molar-refractivity contribution is 5.21. The fraction of sp³-hybridized carbons (Fsp3) is 0.429. The Morgan fingerprint density at radius 3 is 2.38 bits per heavy atom.